The van der Waals surface area contributed by atoms with Gasteiger partial charge in [-0.3, -0.25) is 4.79 Å². The van der Waals surface area contributed by atoms with Crippen molar-refractivity contribution in [3.8, 4) is 11.5 Å². The molecule has 0 aromatic heterocycles. The van der Waals surface area contributed by atoms with Gasteiger partial charge in [0, 0.05) is 35.2 Å². The summed E-state index contributed by atoms with van der Waals surface area (Å²) in [5.41, 5.74) is 3.95. The van der Waals surface area contributed by atoms with Gasteiger partial charge in [0.2, 0.25) is 0 Å². The van der Waals surface area contributed by atoms with Crippen molar-refractivity contribution in [2.45, 2.75) is 19.8 Å². The van der Waals surface area contributed by atoms with E-state index < -0.39 is 0 Å². The minimum absolute atomic E-state index is 0.0106. The molecule has 2 aliphatic rings. The zero-order chi connectivity index (χ0) is 17.4. The van der Waals surface area contributed by atoms with Crippen LogP contribution in [0.1, 0.15) is 28.4 Å². The first kappa shape index (κ1) is 15.5. The molecule has 0 fully saturated rings. The van der Waals surface area contributed by atoms with Crippen molar-refractivity contribution in [2.75, 3.05) is 23.8 Å². The van der Waals surface area contributed by atoms with E-state index in [2.05, 4.69) is 10.6 Å². The molecule has 128 valence electrons. The van der Waals surface area contributed by atoms with Crippen LogP contribution in [0.4, 0.5) is 16.2 Å². The Morgan fingerprint density at radius 1 is 1.00 bits per heavy atom. The Hall–Kier alpha value is -3.02. The van der Waals surface area contributed by atoms with Crippen molar-refractivity contribution in [1.29, 1.82) is 0 Å². The maximum atomic E-state index is 12.4. The highest BCUT2D eigenvalue weighted by Crippen LogP contribution is 2.44. The van der Waals surface area contributed by atoms with E-state index in [0.717, 1.165) is 35.5 Å². The number of hydrogen-bond acceptors (Lipinski definition) is 4. The molecule has 6 nitrogen and oxygen atoms in total. The summed E-state index contributed by atoms with van der Waals surface area (Å²) < 4.78 is 11.4. The number of anilines is 2. The fourth-order valence-electron chi connectivity index (χ4n) is 3.18. The third kappa shape index (κ3) is 2.91. The number of nitrogens with one attached hydrogen (secondary N) is 2. The number of benzene rings is 2. The zero-order valence-electron chi connectivity index (χ0n) is 13.8. The van der Waals surface area contributed by atoms with Crippen molar-refractivity contribution in [1.82, 2.24) is 0 Å². The van der Waals surface area contributed by atoms with E-state index in [0.29, 0.717) is 30.2 Å². The van der Waals surface area contributed by atoms with Gasteiger partial charge in [0.25, 0.3) is 0 Å². The Bertz CT molecular complexity index is 826. The Labute approximate surface area is 145 Å². The smallest absolute Gasteiger partial charge is 0.323 e. The lowest BCUT2D eigenvalue weighted by Crippen LogP contribution is -2.20. The molecule has 0 saturated carbocycles. The van der Waals surface area contributed by atoms with Gasteiger partial charge in [0.15, 0.2) is 5.78 Å². The summed E-state index contributed by atoms with van der Waals surface area (Å²) in [7, 11) is 0. The van der Waals surface area contributed by atoms with Crippen molar-refractivity contribution in [2.24, 2.45) is 0 Å². The van der Waals surface area contributed by atoms with Gasteiger partial charge in [-0.1, -0.05) is 0 Å². The number of carbonyl (C=O) groups is 2. The lowest BCUT2D eigenvalue weighted by molar-refractivity contribution is 0.101. The minimum atomic E-state index is -0.353. The van der Waals surface area contributed by atoms with Crippen LogP contribution in [0, 0.1) is 0 Å². The molecule has 25 heavy (non-hydrogen) atoms. The van der Waals surface area contributed by atoms with Crippen LogP contribution in [-0.4, -0.2) is 25.0 Å². The monoisotopic (exact) mass is 338 g/mol. The lowest BCUT2D eigenvalue weighted by atomic mass is 10.0. The number of urea groups is 1. The number of fused-ring (bicyclic) bond motifs is 2. The molecule has 0 unspecified atom stereocenters. The summed E-state index contributed by atoms with van der Waals surface area (Å²) >= 11 is 0. The average Bonchev–Trinajstić information content (AvgIpc) is 3.24. The molecule has 4 rings (SSSR count). The van der Waals surface area contributed by atoms with E-state index in [1.807, 2.05) is 6.07 Å². The van der Waals surface area contributed by atoms with Gasteiger partial charge in [0.1, 0.15) is 11.5 Å². The van der Waals surface area contributed by atoms with Crippen molar-refractivity contribution < 1.29 is 19.1 Å². The lowest BCUT2D eigenvalue weighted by Gasteiger charge is -2.14. The highest BCUT2D eigenvalue weighted by atomic mass is 16.5. The second kappa shape index (κ2) is 6.12. The number of carbonyl (C=O) groups excluding carboxylic acids is 2. The maximum Gasteiger partial charge on any atom is 0.323 e. The standard InChI is InChI=1S/C19H18N2O4/c1-11(22)12-2-4-14(5-3-12)20-19(23)21-17-15-7-9-24-16(15)10-13-6-8-25-18(13)17/h2-5,10H,6-9H2,1H3,(H2,20,21,23). The first-order valence-electron chi connectivity index (χ1n) is 8.25. The summed E-state index contributed by atoms with van der Waals surface area (Å²) in [6.07, 6.45) is 1.56. The molecule has 0 atom stereocenters. The Kier molecular flexibility index (Phi) is 3.80. The number of hydrogen-bond donors (Lipinski definition) is 2. The summed E-state index contributed by atoms with van der Waals surface area (Å²) in [6.45, 7) is 2.73. The molecule has 2 aliphatic heterocycles. The molecule has 2 amide bonds. The van der Waals surface area contributed by atoms with E-state index in [4.69, 9.17) is 9.47 Å². The molecule has 0 spiro atoms. The van der Waals surface area contributed by atoms with Crippen LogP contribution >= 0.6 is 0 Å². The third-order valence-electron chi connectivity index (χ3n) is 4.44. The normalized spacial score (nSPS) is 14.1. The van der Waals surface area contributed by atoms with Gasteiger partial charge >= 0.3 is 6.03 Å². The van der Waals surface area contributed by atoms with E-state index in [1.54, 1.807) is 24.3 Å². The van der Waals surface area contributed by atoms with Gasteiger partial charge in [-0.05, 0) is 37.3 Å². The van der Waals surface area contributed by atoms with Crippen LogP contribution in [0.2, 0.25) is 0 Å². The van der Waals surface area contributed by atoms with Crippen LogP contribution in [0.25, 0.3) is 0 Å². The fraction of sp³-hybridized carbons (Fsp3) is 0.263. The molecular formula is C19H18N2O4. The predicted octanol–water partition coefficient (Wildman–Crippen LogP) is 3.40. The number of rotatable bonds is 3. The van der Waals surface area contributed by atoms with E-state index in [1.165, 1.54) is 6.92 Å². The topological polar surface area (TPSA) is 76.7 Å². The molecule has 0 radical (unpaired) electrons. The van der Waals surface area contributed by atoms with Gasteiger partial charge in [0.05, 0.1) is 18.9 Å². The van der Waals surface area contributed by atoms with Crippen molar-refractivity contribution in [3.05, 3.63) is 47.0 Å². The summed E-state index contributed by atoms with van der Waals surface area (Å²) in [4.78, 5) is 23.7. The number of amides is 2. The molecule has 2 heterocycles. The summed E-state index contributed by atoms with van der Waals surface area (Å²) in [5.74, 6) is 1.56. The van der Waals surface area contributed by atoms with E-state index in [9.17, 15) is 9.59 Å². The summed E-state index contributed by atoms with van der Waals surface area (Å²) in [6, 6.07) is 8.44. The Morgan fingerprint density at radius 2 is 1.76 bits per heavy atom. The van der Waals surface area contributed by atoms with Gasteiger partial charge in [-0.25, -0.2) is 4.79 Å². The van der Waals surface area contributed by atoms with E-state index >= 15 is 0 Å². The first-order chi connectivity index (χ1) is 12.1. The minimum Gasteiger partial charge on any atom is -0.493 e. The molecule has 0 saturated heterocycles. The molecular weight excluding hydrogens is 320 g/mol. The predicted molar refractivity (Wildman–Crippen MR) is 93.9 cm³/mol. The van der Waals surface area contributed by atoms with Crippen molar-refractivity contribution in [3.63, 3.8) is 0 Å². The highest BCUT2D eigenvalue weighted by Gasteiger charge is 2.27. The number of Topliss-reactive ketones (excluding diaryl/α,β-unsaturated/α-hetero) is 1. The summed E-state index contributed by atoms with van der Waals surface area (Å²) in [5, 5.41) is 5.69. The van der Waals surface area contributed by atoms with Crippen LogP contribution < -0.4 is 20.1 Å². The second-order valence-corrected chi connectivity index (χ2v) is 6.13. The second-order valence-electron chi connectivity index (χ2n) is 6.13. The van der Waals surface area contributed by atoms with Crippen LogP contribution in [-0.2, 0) is 12.8 Å². The third-order valence-corrected chi connectivity index (χ3v) is 4.44. The quantitative estimate of drug-likeness (QED) is 0.841. The molecule has 2 N–H and O–H groups in total. The Balaban J connectivity index is 1.54. The van der Waals surface area contributed by atoms with Gasteiger partial charge < -0.3 is 20.1 Å². The van der Waals surface area contributed by atoms with Crippen molar-refractivity contribution >= 4 is 23.2 Å². The van der Waals surface area contributed by atoms with Gasteiger partial charge in [-0.15, -0.1) is 0 Å². The Morgan fingerprint density at radius 3 is 2.52 bits per heavy atom. The molecule has 2 aromatic rings. The average molecular weight is 338 g/mol. The largest absolute Gasteiger partial charge is 0.493 e. The fourth-order valence-corrected chi connectivity index (χ4v) is 3.18. The highest BCUT2D eigenvalue weighted by molar-refractivity contribution is 6.02. The van der Waals surface area contributed by atoms with Crippen LogP contribution in [0.5, 0.6) is 11.5 Å². The van der Waals surface area contributed by atoms with E-state index in [-0.39, 0.29) is 11.8 Å². The maximum absolute atomic E-state index is 12.4. The van der Waals surface area contributed by atoms with Crippen LogP contribution in [0.3, 0.4) is 0 Å². The molecule has 0 bridgehead atoms. The molecule has 2 aromatic carbocycles. The van der Waals surface area contributed by atoms with Crippen LogP contribution in [0.15, 0.2) is 30.3 Å². The molecule has 0 aliphatic carbocycles. The molecule has 6 heteroatoms. The van der Waals surface area contributed by atoms with Gasteiger partial charge in [-0.2, -0.15) is 0 Å². The number of ketones is 1. The zero-order valence-corrected chi connectivity index (χ0v) is 13.8. The first-order valence-corrected chi connectivity index (χ1v) is 8.25. The number of ether oxygens (including phenoxy) is 2. The SMILES string of the molecule is CC(=O)c1ccc(NC(=O)Nc2c3c(cc4c2OCC4)OCC3)cc1.